The molecular weight excluding hydrogens is 284 g/mol. The summed E-state index contributed by atoms with van der Waals surface area (Å²) < 4.78 is 0. The lowest BCUT2D eigenvalue weighted by Crippen LogP contribution is -2.43. The summed E-state index contributed by atoms with van der Waals surface area (Å²) in [5.74, 6) is 1.17. The van der Waals surface area contributed by atoms with Crippen molar-refractivity contribution >= 4 is 5.96 Å². The third kappa shape index (κ3) is 4.01. The fourth-order valence-corrected chi connectivity index (χ4v) is 4.76. The third-order valence-electron chi connectivity index (χ3n) is 6.43. The number of hydrogen-bond donors (Lipinski definition) is 1. The molecule has 4 heteroatoms. The normalized spacial score (nSPS) is 28.7. The maximum absolute atomic E-state index is 5.09. The molecule has 1 aliphatic carbocycles. The van der Waals surface area contributed by atoms with E-state index in [2.05, 4.69) is 29.0 Å². The van der Waals surface area contributed by atoms with Gasteiger partial charge in [0, 0.05) is 32.2 Å². The van der Waals surface area contributed by atoms with Crippen LogP contribution in [0.5, 0.6) is 0 Å². The van der Waals surface area contributed by atoms with Gasteiger partial charge in [-0.1, -0.05) is 19.8 Å². The van der Waals surface area contributed by atoms with Crippen molar-refractivity contribution in [1.29, 1.82) is 0 Å². The quantitative estimate of drug-likeness (QED) is 0.624. The molecule has 3 aliphatic rings. The standard InChI is InChI=1S/C19H36N4/c1-3-19(10-5-6-11-19)16-21-18(20-4-2)23-14-9-17(15-23)22-12-7-8-13-22/h17H,3-16H2,1-2H3,(H,20,21). The van der Waals surface area contributed by atoms with Crippen molar-refractivity contribution in [2.24, 2.45) is 10.4 Å². The lowest BCUT2D eigenvalue weighted by atomic mass is 9.84. The minimum Gasteiger partial charge on any atom is -0.357 e. The van der Waals surface area contributed by atoms with Gasteiger partial charge in [-0.15, -0.1) is 0 Å². The zero-order chi connectivity index (χ0) is 16.1. The largest absolute Gasteiger partial charge is 0.357 e. The van der Waals surface area contributed by atoms with E-state index in [0.29, 0.717) is 5.41 Å². The zero-order valence-corrected chi connectivity index (χ0v) is 15.3. The predicted octanol–water partition coefficient (Wildman–Crippen LogP) is 3.09. The van der Waals surface area contributed by atoms with E-state index < -0.39 is 0 Å². The Kier molecular flexibility index (Phi) is 5.84. The number of nitrogens with one attached hydrogen (secondary N) is 1. The van der Waals surface area contributed by atoms with Crippen molar-refractivity contribution < 1.29 is 0 Å². The molecule has 0 aromatic heterocycles. The highest BCUT2D eigenvalue weighted by molar-refractivity contribution is 5.80. The predicted molar refractivity (Wildman–Crippen MR) is 98.0 cm³/mol. The third-order valence-corrected chi connectivity index (χ3v) is 6.43. The van der Waals surface area contributed by atoms with E-state index in [9.17, 15) is 0 Å². The zero-order valence-electron chi connectivity index (χ0n) is 15.3. The van der Waals surface area contributed by atoms with E-state index >= 15 is 0 Å². The SMILES string of the molecule is CCNC(=NCC1(CC)CCCC1)N1CCC(N2CCCC2)C1. The van der Waals surface area contributed by atoms with Crippen LogP contribution in [0.4, 0.5) is 0 Å². The molecule has 1 atom stereocenters. The topological polar surface area (TPSA) is 30.9 Å². The molecule has 132 valence electrons. The first-order chi connectivity index (χ1) is 11.3. The monoisotopic (exact) mass is 320 g/mol. The summed E-state index contributed by atoms with van der Waals surface area (Å²) in [6, 6.07) is 0.757. The molecule has 0 amide bonds. The average molecular weight is 321 g/mol. The summed E-state index contributed by atoms with van der Waals surface area (Å²) in [4.78, 5) is 10.3. The Balaban J connectivity index is 1.60. The molecule has 1 unspecified atom stereocenters. The van der Waals surface area contributed by atoms with Crippen molar-refractivity contribution in [3.8, 4) is 0 Å². The molecular formula is C19H36N4. The van der Waals surface area contributed by atoms with Crippen LogP contribution in [-0.4, -0.2) is 61.1 Å². The van der Waals surface area contributed by atoms with E-state index in [1.54, 1.807) is 0 Å². The van der Waals surface area contributed by atoms with Gasteiger partial charge in [-0.2, -0.15) is 0 Å². The Morgan fingerprint density at radius 3 is 2.48 bits per heavy atom. The Morgan fingerprint density at radius 2 is 1.83 bits per heavy atom. The van der Waals surface area contributed by atoms with Crippen molar-refractivity contribution in [2.45, 2.75) is 71.3 Å². The molecule has 1 N–H and O–H groups in total. The van der Waals surface area contributed by atoms with E-state index in [0.717, 1.165) is 19.1 Å². The molecule has 0 bridgehead atoms. The Morgan fingerprint density at radius 1 is 1.09 bits per heavy atom. The van der Waals surface area contributed by atoms with E-state index in [1.165, 1.54) is 83.5 Å². The minimum atomic E-state index is 0.495. The molecule has 3 rings (SSSR count). The first kappa shape index (κ1) is 17.1. The van der Waals surface area contributed by atoms with Crippen LogP contribution in [0.3, 0.4) is 0 Å². The van der Waals surface area contributed by atoms with Crippen LogP contribution in [0.1, 0.15) is 65.2 Å². The summed E-state index contributed by atoms with van der Waals surface area (Å²) in [6.07, 6.45) is 10.9. The van der Waals surface area contributed by atoms with Crippen LogP contribution in [0.15, 0.2) is 4.99 Å². The molecule has 1 saturated carbocycles. The number of likely N-dealkylation sites (tertiary alicyclic amines) is 2. The number of guanidine groups is 1. The van der Waals surface area contributed by atoms with Gasteiger partial charge in [0.05, 0.1) is 0 Å². The van der Waals surface area contributed by atoms with Gasteiger partial charge in [-0.25, -0.2) is 0 Å². The van der Waals surface area contributed by atoms with Crippen LogP contribution >= 0.6 is 0 Å². The molecule has 2 aliphatic heterocycles. The Hall–Kier alpha value is -0.770. The molecule has 2 saturated heterocycles. The molecule has 4 nitrogen and oxygen atoms in total. The first-order valence-corrected chi connectivity index (χ1v) is 10.0. The van der Waals surface area contributed by atoms with Gasteiger partial charge in [-0.05, 0) is 64.0 Å². The van der Waals surface area contributed by atoms with Crippen LogP contribution < -0.4 is 5.32 Å². The highest BCUT2D eigenvalue weighted by Crippen LogP contribution is 2.41. The Labute approximate surface area is 142 Å². The summed E-state index contributed by atoms with van der Waals surface area (Å²) in [5, 5.41) is 3.56. The Bertz CT molecular complexity index is 394. The van der Waals surface area contributed by atoms with Crippen LogP contribution in [-0.2, 0) is 0 Å². The highest BCUT2D eigenvalue weighted by atomic mass is 15.3. The van der Waals surface area contributed by atoms with Crippen LogP contribution in [0, 0.1) is 5.41 Å². The maximum Gasteiger partial charge on any atom is 0.193 e. The minimum absolute atomic E-state index is 0.495. The second kappa shape index (κ2) is 7.87. The molecule has 0 radical (unpaired) electrons. The van der Waals surface area contributed by atoms with E-state index in [4.69, 9.17) is 4.99 Å². The van der Waals surface area contributed by atoms with Gasteiger partial charge in [-0.3, -0.25) is 9.89 Å². The lowest BCUT2D eigenvalue weighted by molar-refractivity contribution is 0.248. The van der Waals surface area contributed by atoms with Gasteiger partial charge >= 0.3 is 0 Å². The number of aliphatic imine (C=N–C) groups is 1. The van der Waals surface area contributed by atoms with Gasteiger partial charge in [0.1, 0.15) is 0 Å². The highest BCUT2D eigenvalue weighted by Gasteiger charge is 2.33. The fraction of sp³-hybridized carbons (Fsp3) is 0.947. The van der Waals surface area contributed by atoms with E-state index in [1.807, 2.05) is 0 Å². The van der Waals surface area contributed by atoms with E-state index in [-0.39, 0.29) is 0 Å². The van der Waals surface area contributed by atoms with Crippen LogP contribution in [0.2, 0.25) is 0 Å². The number of rotatable bonds is 5. The fourth-order valence-electron chi connectivity index (χ4n) is 4.76. The summed E-state index contributed by atoms with van der Waals surface area (Å²) in [5.41, 5.74) is 0.495. The van der Waals surface area contributed by atoms with Gasteiger partial charge in [0.25, 0.3) is 0 Å². The van der Waals surface area contributed by atoms with Crippen molar-refractivity contribution in [2.75, 3.05) is 39.3 Å². The molecule has 3 fully saturated rings. The number of hydrogen-bond acceptors (Lipinski definition) is 2. The van der Waals surface area contributed by atoms with Gasteiger partial charge in [0.15, 0.2) is 5.96 Å². The molecule has 0 aromatic rings. The second-order valence-corrected chi connectivity index (χ2v) is 7.86. The second-order valence-electron chi connectivity index (χ2n) is 7.86. The average Bonchev–Trinajstić information content (AvgIpc) is 3.32. The molecule has 0 aromatic carbocycles. The molecule has 23 heavy (non-hydrogen) atoms. The smallest absolute Gasteiger partial charge is 0.193 e. The van der Waals surface area contributed by atoms with Crippen molar-refractivity contribution in [1.82, 2.24) is 15.1 Å². The van der Waals surface area contributed by atoms with Gasteiger partial charge in [0.2, 0.25) is 0 Å². The first-order valence-electron chi connectivity index (χ1n) is 10.0. The summed E-state index contributed by atoms with van der Waals surface area (Å²) in [6.45, 7) is 11.5. The number of nitrogens with zero attached hydrogens (tertiary/aromatic N) is 3. The molecule has 2 heterocycles. The van der Waals surface area contributed by atoms with Crippen molar-refractivity contribution in [3.05, 3.63) is 0 Å². The maximum atomic E-state index is 5.09. The van der Waals surface area contributed by atoms with Crippen molar-refractivity contribution in [3.63, 3.8) is 0 Å². The van der Waals surface area contributed by atoms with Gasteiger partial charge < -0.3 is 10.2 Å². The lowest BCUT2D eigenvalue weighted by Gasteiger charge is -2.28. The molecule has 0 spiro atoms. The summed E-state index contributed by atoms with van der Waals surface area (Å²) in [7, 11) is 0. The summed E-state index contributed by atoms with van der Waals surface area (Å²) >= 11 is 0. The van der Waals surface area contributed by atoms with Crippen LogP contribution in [0.25, 0.3) is 0 Å².